The third-order valence-electron chi connectivity index (χ3n) is 2.53. The molecule has 0 aromatic heterocycles. The summed E-state index contributed by atoms with van der Waals surface area (Å²) in [6.07, 6.45) is 0. The van der Waals surface area contributed by atoms with Crippen molar-refractivity contribution in [2.24, 2.45) is 0 Å². The maximum absolute atomic E-state index is 11.8. The summed E-state index contributed by atoms with van der Waals surface area (Å²) in [6.45, 7) is 5.34. The topological polar surface area (TPSA) is 84.5 Å². The molecule has 0 aliphatic heterocycles. The van der Waals surface area contributed by atoms with Gasteiger partial charge in [0.25, 0.3) is 5.91 Å². The number of amides is 3. The third kappa shape index (κ3) is 4.72. The first-order valence-corrected chi connectivity index (χ1v) is 6.26. The molecule has 0 heterocycles. The van der Waals surface area contributed by atoms with Crippen LogP contribution in [0.1, 0.15) is 28.4 Å². The Morgan fingerprint density at radius 2 is 1.90 bits per heavy atom. The van der Waals surface area contributed by atoms with Crippen LogP contribution in [-0.4, -0.2) is 31.1 Å². The summed E-state index contributed by atoms with van der Waals surface area (Å²) < 4.78 is 4.86. The summed E-state index contributed by atoms with van der Waals surface area (Å²) in [7, 11) is 0. The zero-order valence-electron chi connectivity index (χ0n) is 11.8. The van der Waals surface area contributed by atoms with Gasteiger partial charge in [-0.15, -0.1) is 0 Å². The molecular weight excluding hydrogens is 260 g/mol. The van der Waals surface area contributed by atoms with Crippen LogP contribution in [0.2, 0.25) is 0 Å². The minimum absolute atomic E-state index is 0.404. The number of rotatable bonds is 4. The normalized spacial score (nSPS) is 9.75. The van der Waals surface area contributed by atoms with Crippen molar-refractivity contribution < 1.29 is 19.1 Å². The number of carbonyl (C=O) groups excluding carboxylic acids is 3. The van der Waals surface area contributed by atoms with Gasteiger partial charge in [0.2, 0.25) is 0 Å². The number of hydrogen-bond acceptors (Lipinski definition) is 4. The number of ether oxygens (including phenoxy) is 1. The summed E-state index contributed by atoms with van der Waals surface area (Å²) in [5.41, 5.74) is 2.22. The van der Waals surface area contributed by atoms with Crippen molar-refractivity contribution in [3.8, 4) is 0 Å². The van der Waals surface area contributed by atoms with E-state index in [1.54, 1.807) is 26.0 Å². The van der Waals surface area contributed by atoms with E-state index in [0.29, 0.717) is 12.1 Å². The standard InChI is InChI=1S/C14H18N2O4/c1-4-15-14(19)16-12(17)8-20-13(18)11-6-5-9(2)7-10(11)3/h5-7H,4,8H2,1-3H3,(H2,15,16,17,19). The molecule has 20 heavy (non-hydrogen) atoms. The van der Waals surface area contributed by atoms with Gasteiger partial charge in [-0.1, -0.05) is 17.7 Å². The second-order valence-corrected chi connectivity index (χ2v) is 4.30. The predicted molar refractivity (Wildman–Crippen MR) is 73.4 cm³/mol. The Labute approximate surface area is 117 Å². The Morgan fingerprint density at radius 1 is 1.20 bits per heavy atom. The molecule has 2 N–H and O–H groups in total. The van der Waals surface area contributed by atoms with Crippen LogP contribution >= 0.6 is 0 Å². The van der Waals surface area contributed by atoms with Crippen molar-refractivity contribution >= 4 is 17.9 Å². The minimum Gasteiger partial charge on any atom is -0.452 e. The molecule has 0 saturated carbocycles. The first kappa shape index (κ1) is 15.7. The predicted octanol–water partition coefficient (Wildman–Crippen LogP) is 1.31. The molecule has 0 saturated heterocycles. The average Bonchev–Trinajstić information content (AvgIpc) is 2.36. The van der Waals surface area contributed by atoms with Crippen LogP contribution in [0.4, 0.5) is 4.79 Å². The van der Waals surface area contributed by atoms with E-state index < -0.39 is 24.5 Å². The Bertz CT molecular complexity index is 526. The van der Waals surface area contributed by atoms with E-state index in [1.807, 2.05) is 18.3 Å². The molecule has 1 aromatic rings. The molecular formula is C14H18N2O4. The van der Waals surface area contributed by atoms with Crippen molar-refractivity contribution in [3.05, 3.63) is 34.9 Å². The molecule has 0 atom stereocenters. The van der Waals surface area contributed by atoms with Gasteiger partial charge in [-0.2, -0.15) is 0 Å². The molecule has 3 amide bonds. The van der Waals surface area contributed by atoms with Gasteiger partial charge in [0.15, 0.2) is 6.61 Å². The molecule has 0 aliphatic rings. The lowest BCUT2D eigenvalue weighted by Gasteiger charge is -2.08. The van der Waals surface area contributed by atoms with Gasteiger partial charge in [-0.3, -0.25) is 10.1 Å². The Morgan fingerprint density at radius 3 is 2.50 bits per heavy atom. The fourth-order valence-electron chi connectivity index (χ4n) is 1.62. The van der Waals surface area contributed by atoms with Crippen LogP contribution < -0.4 is 10.6 Å². The highest BCUT2D eigenvalue weighted by Gasteiger charge is 2.13. The fourth-order valence-corrected chi connectivity index (χ4v) is 1.62. The van der Waals surface area contributed by atoms with Gasteiger partial charge in [0, 0.05) is 6.54 Å². The summed E-state index contributed by atoms with van der Waals surface area (Å²) in [6, 6.07) is 4.68. The Hall–Kier alpha value is -2.37. The van der Waals surface area contributed by atoms with Crippen molar-refractivity contribution in [2.75, 3.05) is 13.2 Å². The molecule has 0 unspecified atom stereocenters. The number of esters is 1. The van der Waals surface area contributed by atoms with E-state index in [-0.39, 0.29) is 0 Å². The van der Waals surface area contributed by atoms with Crippen molar-refractivity contribution in [2.45, 2.75) is 20.8 Å². The summed E-state index contributed by atoms with van der Waals surface area (Å²) in [5, 5.41) is 4.44. The third-order valence-corrected chi connectivity index (χ3v) is 2.53. The van der Waals surface area contributed by atoms with Crippen molar-refractivity contribution in [3.63, 3.8) is 0 Å². The summed E-state index contributed by atoms with van der Waals surface area (Å²) >= 11 is 0. The fraction of sp³-hybridized carbons (Fsp3) is 0.357. The molecule has 0 bridgehead atoms. The van der Waals surface area contributed by atoms with E-state index in [4.69, 9.17) is 4.74 Å². The van der Waals surface area contributed by atoms with Gasteiger partial charge < -0.3 is 10.1 Å². The average molecular weight is 278 g/mol. The number of imide groups is 1. The zero-order chi connectivity index (χ0) is 15.1. The molecule has 0 spiro atoms. The Balaban J connectivity index is 2.51. The van der Waals surface area contributed by atoms with E-state index in [0.717, 1.165) is 11.1 Å². The van der Waals surface area contributed by atoms with Gasteiger partial charge >= 0.3 is 12.0 Å². The van der Waals surface area contributed by atoms with Crippen LogP contribution in [0.15, 0.2) is 18.2 Å². The SMILES string of the molecule is CCNC(=O)NC(=O)COC(=O)c1ccc(C)cc1C. The second-order valence-electron chi connectivity index (χ2n) is 4.30. The number of nitrogens with one attached hydrogen (secondary N) is 2. The van der Waals surface area contributed by atoms with Crippen LogP contribution in [-0.2, 0) is 9.53 Å². The first-order valence-electron chi connectivity index (χ1n) is 6.26. The van der Waals surface area contributed by atoms with Crippen molar-refractivity contribution in [1.82, 2.24) is 10.6 Å². The highest BCUT2D eigenvalue weighted by molar-refractivity contribution is 5.97. The Kier molecular flexibility index (Phi) is 5.71. The van der Waals surface area contributed by atoms with Crippen LogP contribution in [0, 0.1) is 13.8 Å². The van der Waals surface area contributed by atoms with Crippen LogP contribution in [0.5, 0.6) is 0 Å². The first-order chi connectivity index (χ1) is 9.43. The van der Waals surface area contributed by atoms with Gasteiger partial charge in [0.1, 0.15) is 0 Å². The highest BCUT2D eigenvalue weighted by atomic mass is 16.5. The summed E-state index contributed by atoms with van der Waals surface area (Å²) in [5.74, 6) is -1.26. The van der Waals surface area contributed by atoms with E-state index >= 15 is 0 Å². The highest BCUT2D eigenvalue weighted by Crippen LogP contribution is 2.11. The largest absolute Gasteiger partial charge is 0.452 e. The minimum atomic E-state index is -0.672. The quantitative estimate of drug-likeness (QED) is 0.813. The number of carbonyl (C=O) groups is 3. The smallest absolute Gasteiger partial charge is 0.338 e. The van der Waals surface area contributed by atoms with Crippen molar-refractivity contribution in [1.29, 1.82) is 0 Å². The van der Waals surface area contributed by atoms with E-state index in [9.17, 15) is 14.4 Å². The molecule has 108 valence electrons. The number of hydrogen-bond donors (Lipinski definition) is 2. The summed E-state index contributed by atoms with van der Waals surface area (Å²) in [4.78, 5) is 34.2. The molecule has 0 fully saturated rings. The number of aryl methyl sites for hydroxylation is 2. The molecule has 6 heteroatoms. The molecule has 0 aliphatic carbocycles. The lowest BCUT2D eigenvalue weighted by Crippen LogP contribution is -2.41. The van der Waals surface area contributed by atoms with Gasteiger partial charge in [-0.05, 0) is 32.4 Å². The van der Waals surface area contributed by atoms with Gasteiger partial charge in [0.05, 0.1) is 5.56 Å². The molecule has 0 radical (unpaired) electrons. The lowest BCUT2D eigenvalue weighted by atomic mass is 10.1. The maximum atomic E-state index is 11.8. The maximum Gasteiger partial charge on any atom is 0.338 e. The second kappa shape index (κ2) is 7.28. The molecule has 1 aromatic carbocycles. The number of benzene rings is 1. The van der Waals surface area contributed by atoms with E-state index in [1.165, 1.54) is 0 Å². The molecule has 6 nitrogen and oxygen atoms in total. The molecule has 1 rings (SSSR count). The van der Waals surface area contributed by atoms with E-state index in [2.05, 4.69) is 5.32 Å². The van der Waals surface area contributed by atoms with Gasteiger partial charge in [-0.25, -0.2) is 9.59 Å². The van der Waals surface area contributed by atoms with Crippen LogP contribution in [0.25, 0.3) is 0 Å². The van der Waals surface area contributed by atoms with Crippen LogP contribution in [0.3, 0.4) is 0 Å². The zero-order valence-corrected chi connectivity index (χ0v) is 11.8. The lowest BCUT2D eigenvalue weighted by molar-refractivity contribution is -0.123. The number of urea groups is 1. The monoisotopic (exact) mass is 278 g/mol.